The number of amides is 1. The molecule has 3 aromatic rings. The Kier molecular flexibility index (Phi) is 7.39. The van der Waals surface area contributed by atoms with Crippen molar-refractivity contribution in [3.05, 3.63) is 62.9 Å². The zero-order valence-corrected chi connectivity index (χ0v) is 19.5. The van der Waals surface area contributed by atoms with Gasteiger partial charge in [-0.05, 0) is 30.7 Å². The maximum atomic E-state index is 12.6. The molecule has 10 nitrogen and oxygen atoms in total. The number of nitro benzene ring substituents is 1. The van der Waals surface area contributed by atoms with Crippen molar-refractivity contribution in [1.29, 1.82) is 0 Å². The van der Waals surface area contributed by atoms with Crippen molar-refractivity contribution < 1.29 is 27.7 Å². The summed E-state index contributed by atoms with van der Waals surface area (Å²) in [5, 5.41) is 11.1. The maximum Gasteiger partial charge on any atom is 0.326 e. The molecule has 0 N–H and O–H groups in total. The van der Waals surface area contributed by atoms with Crippen LogP contribution in [0.3, 0.4) is 0 Å². The summed E-state index contributed by atoms with van der Waals surface area (Å²) < 4.78 is 30.8. The van der Waals surface area contributed by atoms with Gasteiger partial charge in [0.1, 0.15) is 6.54 Å². The van der Waals surface area contributed by atoms with E-state index in [-0.39, 0.29) is 40.7 Å². The van der Waals surface area contributed by atoms with Crippen molar-refractivity contribution in [3.63, 3.8) is 0 Å². The first-order chi connectivity index (χ1) is 15.6. The molecule has 0 aliphatic rings. The monoisotopic (exact) mass is 491 g/mol. The Morgan fingerprint density at radius 2 is 1.85 bits per heavy atom. The fourth-order valence-corrected chi connectivity index (χ4v) is 5.02. The highest BCUT2D eigenvalue weighted by Gasteiger charge is 2.16. The van der Waals surface area contributed by atoms with Crippen LogP contribution in [0.25, 0.3) is 10.2 Å². The van der Waals surface area contributed by atoms with E-state index in [0.29, 0.717) is 15.8 Å². The van der Waals surface area contributed by atoms with Crippen LogP contribution in [-0.2, 0) is 37.1 Å². The SMILES string of the molecule is CCOC(=O)Cn1c(=NC(=O)Cc2ccc(S(=O)(=O)CC)cc2)sc2cc([N+](=O)[O-])ccc21. The number of sulfone groups is 1. The predicted octanol–water partition coefficient (Wildman–Crippen LogP) is 2.64. The van der Waals surface area contributed by atoms with Crippen LogP contribution < -0.4 is 4.80 Å². The van der Waals surface area contributed by atoms with Gasteiger partial charge in [0.15, 0.2) is 14.6 Å². The van der Waals surface area contributed by atoms with E-state index in [0.717, 1.165) is 11.3 Å². The predicted molar refractivity (Wildman–Crippen MR) is 122 cm³/mol. The third-order valence-corrected chi connectivity index (χ3v) is 7.50. The van der Waals surface area contributed by atoms with E-state index in [4.69, 9.17) is 4.74 Å². The number of rotatable bonds is 8. The number of carbonyl (C=O) groups excluding carboxylic acids is 2. The molecule has 1 heterocycles. The number of non-ortho nitro benzene ring substituents is 1. The Morgan fingerprint density at radius 1 is 1.15 bits per heavy atom. The second-order valence-electron chi connectivity index (χ2n) is 6.91. The smallest absolute Gasteiger partial charge is 0.326 e. The molecule has 3 rings (SSSR count). The molecular formula is C21H21N3O7S2. The lowest BCUT2D eigenvalue weighted by Gasteiger charge is -2.05. The summed E-state index contributed by atoms with van der Waals surface area (Å²) in [6.45, 7) is 3.20. The average molecular weight is 492 g/mol. The number of fused-ring (bicyclic) bond motifs is 1. The summed E-state index contributed by atoms with van der Waals surface area (Å²) in [6, 6.07) is 10.2. The molecule has 0 spiro atoms. The van der Waals surface area contributed by atoms with Crippen LogP contribution in [-0.4, -0.2) is 42.1 Å². The van der Waals surface area contributed by atoms with Gasteiger partial charge < -0.3 is 9.30 Å². The van der Waals surface area contributed by atoms with Gasteiger partial charge in [-0.1, -0.05) is 30.4 Å². The minimum Gasteiger partial charge on any atom is -0.465 e. The van der Waals surface area contributed by atoms with Crippen molar-refractivity contribution >= 4 is 49.0 Å². The number of benzene rings is 2. The van der Waals surface area contributed by atoms with Crippen LogP contribution in [0.4, 0.5) is 5.69 Å². The number of ether oxygens (including phenoxy) is 1. The van der Waals surface area contributed by atoms with Crippen molar-refractivity contribution in [2.24, 2.45) is 4.99 Å². The van der Waals surface area contributed by atoms with Gasteiger partial charge in [0.25, 0.3) is 11.6 Å². The summed E-state index contributed by atoms with van der Waals surface area (Å²) in [5.74, 6) is -1.07. The van der Waals surface area contributed by atoms with Crippen LogP contribution in [0.5, 0.6) is 0 Å². The minimum atomic E-state index is -3.34. The lowest BCUT2D eigenvalue weighted by Crippen LogP contribution is -2.23. The highest BCUT2D eigenvalue weighted by atomic mass is 32.2. The normalized spacial score (nSPS) is 12.1. The van der Waals surface area contributed by atoms with Crippen LogP contribution in [0.1, 0.15) is 19.4 Å². The quantitative estimate of drug-likeness (QED) is 0.268. The third-order valence-electron chi connectivity index (χ3n) is 4.71. The molecule has 0 aliphatic heterocycles. The average Bonchev–Trinajstić information content (AvgIpc) is 3.10. The summed E-state index contributed by atoms with van der Waals surface area (Å²) in [4.78, 5) is 39.8. The molecule has 0 unspecified atom stereocenters. The molecule has 0 radical (unpaired) electrons. The van der Waals surface area contributed by atoms with Gasteiger partial charge in [-0.2, -0.15) is 4.99 Å². The first kappa shape index (κ1) is 24.3. The maximum absolute atomic E-state index is 12.6. The molecule has 174 valence electrons. The first-order valence-corrected chi connectivity index (χ1v) is 12.4. The molecule has 0 bridgehead atoms. The molecular weight excluding hydrogens is 470 g/mol. The standard InChI is InChI=1S/C21H21N3O7S2/c1-3-31-20(26)13-23-17-10-7-15(24(27)28)12-18(17)32-21(23)22-19(25)11-14-5-8-16(9-6-14)33(29,30)4-2/h5-10,12H,3-4,11,13H2,1-2H3. The van der Waals surface area contributed by atoms with Gasteiger partial charge in [0.05, 0.1) is 38.8 Å². The highest BCUT2D eigenvalue weighted by molar-refractivity contribution is 7.91. The number of carbonyl (C=O) groups is 2. The Balaban J connectivity index is 1.96. The molecule has 0 atom stereocenters. The van der Waals surface area contributed by atoms with Crippen LogP contribution in [0, 0.1) is 10.1 Å². The van der Waals surface area contributed by atoms with Crippen LogP contribution in [0.15, 0.2) is 52.4 Å². The topological polar surface area (TPSA) is 138 Å². The fourth-order valence-electron chi connectivity index (χ4n) is 3.05. The van der Waals surface area contributed by atoms with E-state index in [1.165, 1.54) is 34.9 Å². The number of thiazole rings is 1. The molecule has 0 saturated heterocycles. The lowest BCUT2D eigenvalue weighted by atomic mass is 10.1. The van der Waals surface area contributed by atoms with Gasteiger partial charge in [-0.3, -0.25) is 19.7 Å². The third kappa shape index (κ3) is 5.71. The van der Waals surface area contributed by atoms with Gasteiger partial charge >= 0.3 is 5.97 Å². The second-order valence-corrected chi connectivity index (χ2v) is 10.2. The van der Waals surface area contributed by atoms with Crippen molar-refractivity contribution in [3.8, 4) is 0 Å². The molecule has 2 aromatic carbocycles. The zero-order valence-electron chi connectivity index (χ0n) is 17.9. The summed E-state index contributed by atoms with van der Waals surface area (Å²) in [7, 11) is -3.34. The summed E-state index contributed by atoms with van der Waals surface area (Å²) in [5.41, 5.74) is 0.971. The Labute approximate surface area is 193 Å². The number of esters is 1. The molecule has 33 heavy (non-hydrogen) atoms. The summed E-state index contributed by atoms with van der Waals surface area (Å²) >= 11 is 1.05. The van der Waals surface area contributed by atoms with Crippen molar-refractivity contribution in [1.82, 2.24) is 4.57 Å². The van der Waals surface area contributed by atoms with E-state index in [9.17, 15) is 28.1 Å². The Hall–Kier alpha value is -3.38. The van der Waals surface area contributed by atoms with Gasteiger partial charge in [0.2, 0.25) is 0 Å². The van der Waals surface area contributed by atoms with E-state index < -0.39 is 26.6 Å². The van der Waals surface area contributed by atoms with E-state index in [2.05, 4.69) is 4.99 Å². The summed E-state index contributed by atoms with van der Waals surface area (Å²) in [6.07, 6.45) is -0.0831. The van der Waals surface area contributed by atoms with Crippen LogP contribution in [0.2, 0.25) is 0 Å². The van der Waals surface area contributed by atoms with E-state index in [1.54, 1.807) is 26.0 Å². The van der Waals surface area contributed by atoms with Gasteiger partial charge in [-0.25, -0.2) is 8.42 Å². The molecule has 0 aliphatic carbocycles. The molecule has 0 fully saturated rings. The molecule has 0 saturated carbocycles. The number of nitrogens with zero attached hydrogens (tertiary/aromatic N) is 3. The fraction of sp³-hybridized carbons (Fsp3) is 0.286. The van der Waals surface area contributed by atoms with Gasteiger partial charge in [0, 0.05) is 12.1 Å². The number of nitro groups is 1. The van der Waals surface area contributed by atoms with Crippen molar-refractivity contribution in [2.45, 2.75) is 31.7 Å². The second kappa shape index (κ2) is 10.0. The van der Waals surface area contributed by atoms with E-state index >= 15 is 0 Å². The first-order valence-electron chi connectivity index (χ1n) is 9.97. The molecule has 1 amide bonds. The van der Waals surface area contributed by atoms with Gasteiger partial charge in [-0.15, -0.1) is 0 Å². The lowest BCUT2D eigenvalue weighted by molar-refractivity contribution is -0.384. The number of hydrogen-bond acceptors (Lipinski definition) is 8. The molecule has 12 heteroatoms. The zero-order chi connectivity index (χ0) is 24.2. The number of aromatic nitrogens is 1. The minimum absolute atomic E-state index is 0.0226. The Bertz CT molecular complexity index is 1390. The molecule has 1 aromatic heterocycles. The highest BCUT2D eigenvalue weighted by Crippen LogP contribution is 2.23. The largest absolute Gasteiger partial charge is 0.465 e. The Morgan fingerprint density at radius 3 is 2.45 bits per heavy atom. The van der Waals surface area contributed by atoms with Crippen LogP contribution >= 0.6 is 11.3 Å². The van der Waals surface area contributed by atoms with Crippen molar-refractivity contribution in [2.75, 3.05) is 12.4 Å². The number of hydrogen-bond donors (Lipinski definition) is 0. The van der Waals surface area contributed by atoms with E-state index in [1.807, 2.05) is 0 Å².